The van der Waals surface area contributed by atoms with Crippen molar-refractivity contribution in [1.29, 1.82) is 0 Å². The quantitative estimate of drug-likeness (QED) is 0.379. The van der Waals surface area contributed by atoms with Gasteiger partial charge in [-0.1, -0.05) is 69.4 Å². The minimum atomic E-state index is 0.493. The average Bonchev–Trinajstić information content (AvgIpc) is 3.55. The van der Waals surface area contributed by atoms with Gasteiger partial charge in [0, 0.05) is 24.6 Å². The van der Waals surface area contributed by atoms with Crippen molar-refractivity contribution in [1.82, 2.24) is 40.4 Å². The van der Waals surface area contributed by atoms with Crippen LogP contribution in [0.2, 0.25) is 0 Å². The number of hydrogen-bond donors (Lipinski definition) is 1. The summed E-state index contributed by atoms with van der Waals surface area (Å²) >= 11 is 0. The molecule has 0 amide bonds. The van der Waals surface area contributed by atoms with Gasteiger partial charge >= 0.3 is 0 Å². The summed E-state index contributed by atoms with van der Waals surface area (Å²) in [4.78, 5) is 9.37. The van der Waals surface area contributed by atoms with Gasteiger partial charge in [0.15, 0.2) is 5.82 Å². The van der Waals surface area contributed by atoms with Crippen LogP contribution in [0.4, 0.5) is 0 Å². The molecule has 5 rings (SSSR count). The van der Waals surface area contributed by atoms with E-state index in [0.29, 0.717) is 11.5 Å². The van der Waals surface area contributed by atoms with Crippen molar-refractivity contribution in [2.45, 2.75) is 71.3 Å². The highest BCUT2D eigenvalue weighted by atomic mass is 15.5. The van der Waals surface area contributed by atoms with Crippen molar-refractivity contribution in [3.63, 3.8) is 0 Å². The topological polar surface area (TPSA) is 98.1 Å². The maximum atomic E-state index is 4.91. The molecular weight excluding hydrogens is 424 g/mol. The van der Waals surface area contributed by atoms with Crippen LogP contribution >= 0.6 is 0 Å². The van der Waals surface area contributed by atoms with Crippen LogP contribution in [-0.4, -0.2) is 40.4 Å². The Morgan fingerprint density at radius 1 is 1.03 bits per heavy atom. The number of tetrazole rings is 1. The molecule has 1 N–H and O–H groups in total. The Labute approximate surface area is 200 Å². The Bertz CT molecular complexity index is 1170. The highest BCUT2D eigenvalue weighted by Crippen LogP contribution is 2.29. The number of H-pyrrole nitrogens is 1. The molecule has 0 spiro atoms. The van der Waals surface area contributed by atoms with Gasteiger partial charge in [0.1, 0.15) is 11.5 Å². The SMILES string of the molecule is CCCc1nc(CCC2CCCCC2)nn1Cc1ccc(-c2cccnc2-c2nn[nH]n2)cc1. The van der Waals surface area contributed by atoms with Crippen LogP contribution in [0.15, 0.2) is 42.6 Å². The molecule has 1 aliphatic carbocycles. The lowest BCUT2D eigenvalue weighted by atomic mass is 9.86. The largest absolute Gasteiger partial charge is 0.252 e. The van der Waals surface area contributed by atoms with Gasteiger partial charge in [0.25, 0.3) is 0 Å². The van der Waals surface area contributed by atoms with Crippen molar-refractivity contribution in [3.8, 4) is 22.6 Å². The number of rotatable bonds is 9. The van der Waals surface area contributed by atoms with Gasteiger partial charge in [-0.3, -0.25) is 4.98 Å². The monoisotopic (exact) mass is 456 g/mol. The molecule has 0 bridgehead atoms. The summed E-state index contributed by atoms with van der Waals surface area (Å²) in [6, 6.07) is 12.5. The molecule has 0 saturated heterocycles. The van der Waals surface area contributed by atoms with Crippen LogP contribution in [-0.2, 0) is 19.4 Å². The molecule has 8 heteroatoms. The highest BCUT2D eigenvalue weighted by molar-refractivity contribution is 5.77. The zero-order chi connectivity index (χ0) is 23.2. The number of hydrogen-bond acceptors (Lipinski definition) is 6. The third-order valence-corrected chi connectivity index (χ3v) is 6.73. The minimum Gasteiger partial charge on any atom is -0.252 e. The molecule has 1 aliphatic rings. The molecule has 0 unspecified atom stereocenters. The lowest BCUT2D eigenvalue weighted by molar-refractivity contribution is 0.337. The van der Waals surface area contributed by atoms with Gasteiger partial charge in [0.05, 0.1) is 6.54 Å². The average molecular weight is 457 g/mol. The van der Waals surface area contributed by atoms with Crippen molar-refractivity contribution < 1.29 is 0 Å². The molecule has 0 radical (unpaired) electrons. The summed E-state index contributed by atoms with van der Waals surface area (Å²) in [5.41, 5.74) is 3.97. The Morgan fingerprint density at radius 2 is 1.88 bits per heavy atom. The third kappa shape index (κ3) is 5.21. The maximum Gasteiger partial charge on any atom is 0.223 e. The number of nitrogens with zero attached hydrogens (tertiary/aromatic N) is 7. The lowest BCUT2D eigenvalue weighted by Gasteiger charge is -2.20. The molecular formula is C26H32N8. The van der Waals surface area contributed by atoms with Gasteiger partial charge in [-0.25, -0.2) is 9.67 Å². The van der Waals surface area contributed by atoms with Crippen LogP contribution < -0.4 is 0 Å². The minimum absolute atomic E-state index is 0.493. The number of aromatic nitrogens is 8. The second-order valence-corrected chi connectivity index (χ2v) is 9.23. The smallest absolute Gasteiger partial charge is 0.223 e. The standard InChI is InChI=1S/C26H32N8/c1-2-7-24-28-23(16-13-19-8-4-3-5-9-19)31-34(24)18-20-11-14-21(15-12-20)22-10-6-17-27-25(22)26-29-32-33-30-26/h6,10-12,14-15,17,19H,2-5,7-9,13,16,18H2,1H3,(H,29,30,32,33). The molecule has 176 valence electrons. The van der Waals surface area contributed by atoms with Gasteiger partial charge < -0.3 is 0 Å². The molecule has 1 fully saturated rings. The zero-order valence-corrected chi connectivity index (χ0v) is 19.8. The second kappa shape index (κ2) is 10.7. The van der Waals surface area contributed by atoms with Crippen LogP contribution in [0, 0.1) is 5.92 Å². The number of pyridine rings is 1. The van der Waals surface area contributed by atoms with E-state index in [-0.39, 0.29) is 0 Å². The first-order valence-electron chi connectivity index (χ1n) is 12.5. The van der Waals surface area contributed by atoms with Crippen molar-refractivity contribution in [2.75, 3.05) is 0 Å². The normalized spacial score (nSPS) is 14.5. The van der Waals surface area contributed by atoms with E-state index in [2.05, 4.69) is 61.5 Å². The van der Waals surface area contributed by atoms with E-state index in [1.54, 1.807) is 6.20 Å². The summed E-state index contributed by atoms with van der Waals surface area (Å²) in [5.74, 6) is 3.45. The van der Waals surface area contributed by atoms with E-state index in [4.69, 9.17) is 10.1 Å². The fourth-order valence-corrected chi connectivity index (χ4v) is 4.92. The Hall–Kier alpha value is -3.42. The molecule has 8 nitrogen and oxygen atoms in total. The second-order valence-electron chi connectivity index (χ2n) is 9.23. The van der Waals surface area contributed by atoms with E-state index in [0.717, 1.165) is 54.5 Å². The first kappa shape index (κ1) is 22.4. The van der Waals surface area contributed by atoms with Gasteiger partial charge in [-0.15, -0.1) is 10.2 Å². The maximum absolute atomic E-state index is 4.91. The van der Waals surface area contributed by atoms with Crippen molar-refractivity contribution >= 4 is 0 Å². The van der Waals surface area contributed by atoms with Crippen molar-refractivity contribution in [2.24, 2.45) is 5.92 Å². The number of aryl methyl sites for hydroxylation is 2. The van der Waals surface area contributed by atoms with E-state index < -0.39 is 0 Å². The number of aromatic amines is 1. The molecule has 1 saturated carbocycles. The lowest BCUT2D eigenvalue weighted by Crippen LogP contribution is -2.08. The van der Waals surface area contributed by atoms with Crippen LogP contribution in [0.25, 0.3) is 22.6 Å². The molecule has 0 aliphatic heterocycles. The molecule has 1 aromatic carbocycles. The Kier molecular flexibility index (Phi) is 7.02. The van der Waals surface area contributed by atoms with E-state index in [1.165, 1.54) is 44.1 Å². The molecule has 34 heavy (non-hydrogen) atoms. The molecule has 0 atom stereocenters. The van der Waals surface area contributed by atoms with E-state index in [9.17, 15) is 0 Å². The van der Waals surface area contributed by atoms with E-state index in [1.807, 2.05) is 12.1 Å². The summed E-state index contributed by atoms with van der Waals surface area (Å²) in [6.45, 7) is 2.93. The van der Waals surface area contributed by atoms with Gasteiger partial charge in [-0.2, -0.15) is 10.3 Å². The number of nitrogens with one attached hydrogen (secondary N) is 1. The first-order valence-corrected chi connectivity index (χ1v) is 12.5. The Morgan fingerprint density at radius 3 is 2.65 bits per heavy atom. The fraction of sp³-hybridized carbons (Fsp3) is 0.462. The summed E-state index contributed by atoms with van der Waals surface area (Å²) in [5, 5.41) is 19.3. The fourth-order valence-electron chi connectivity index (χ4n) is 4.92. The predicted molar refractivity (Wildman–Crippen MR) is 131 cm³/mol. The summed E-state index contributed by atoms with van der Waals surface area (Å²) < 4.78 is 2.10. The van der Waals surface area contributed by atoms with Crippen LogP contribution in [0.1, 0.15) is 69.1 Å². The van der Waals surface area contributed by atoms with Crippen molar-refractivity contribution in [3.05, 3.63) is 59.8 Å². The number of benzene rings is 1. The predicted octanol–water partition coefficient (Wildman–Crippen LogP) is 5.03. The molecule has 4 aromatic rings. The van der Waals surface area contributed by atoms with Crippen LogP contribution in [0.5, 0.6) is 0 Å². The zero-order valence-electron chi connectivity index (χ0n) is 19.8. The summed E-state index contributed by atoms with van der Waals surface area (Å²) in [6.07, 6.45) is 12.9. The molecule has 3 aromatic heterocycles. The van der Waals surface area contributed by atoms with E-state index >= 15 is 0 Å². The first-order chi connectivity index (χ1) is 16.8. The van der Waals surface area contributed by atoms with Gasteiger partial charge in [-0.05, 0) is 41.2 Å². The highest BCUT2D eigenvalue weighted by Gasteiger charge is 2.16. The Balaban J connectivity index is 1.30. The van der Waals surface area contributed by atoms with Gasteiger partial charge in [0.2, 0.25) is 5.82 Å². The summed E-state index contributed by atoms with van der Waals surface area (Å²) in [7, 11) is 0. The third-order valence-electron chi connectivity index (χ3n) is 6.73. The van der Waals surface area contributed by atoms with Crippen LogP contribution in [0.3, 0.4) is 0 Å². The molecule has 3 heterocycles.